The number of nitrogens with one attached hydrogen (secondary N) is 1. The summed E-state index contributed by atoms with van der Waals surface area (Å²) in [6.45, 7) is 0.252. The van der Waals surface area contributed by atoms with Crippen LogP contribution in [0.25, 0.3) is 11.5 Å². The molecule has 1 aliphatic rings. The summed E-state index contributed by atoms with van der Waals surface area (Å²) in [6, 6.07) is 10.9. The van der Waals surface area contributed by atoms with Gasteiger partial charge in [-0.25, -0.2) is 0 Å². The molecule has 3 heterocycles. The quantitative estimate of drug-likeness (QED) is 0.631. The van der Waals surface area contributed by atoms with Crippen LogP contribution in [0.3, 0.4) is 0 Å². The Morgan fingerprint density at radius 2 is 2.04 bits per heavy atom. The molecule has 0 saturated heterocycles. The normalized spacial score (nSPS) is 16.1. The summed E-state index contributed by atoms with van der Waals surface area (Å²) < 4.78 is 21.6. The van der Waals surface area contributed by atoms with E-state index in [2.05, 4.69) is 10.2 Å². The fourth-order valence-corrected chi connectivity index (χ4v) is 3.55. The van der Waals surface area contributed by atoms with Crippen LogP contribution in [0.15, 0.2) is 47.1 Å². The molecule has 146 valence electrons. The number of H-pyrrole nitrogens is 1. The first-order valence-corrected chi connectivity index (χ1v) is 8.80. The second-order valence-electron chi connectivity index (χ2n) is 6.38. The summed E-state index contributed by atoms with van der Waals surface area (Å²) in [5.41, 5.74) is 2.70. The number of hydrogen-bond donors (Lipinski definition) is 1. The smallest absolute Gasteiger partial charge is 0.275 e. The highest BCUT2D eigenvalue weighted by molar-refractivity contribution is 6.00. The predicted molar refractivity (Wildman–Crippen MR) is 100.0 cm³/mol. The van der Waals surface area contributed by atoms with Crippen molar-refractivity contribution in [2.24, 2.45) is 0 Å². The molecule has 0 saturated carbocycles. The fourth-order valence-electron chi connectivity index (χ4n) is 3.55. The second kappa shape index (κ2) is 7.49. The molecular formula is C20H21N3O5. The Morgan fingerprint density at radius 1 is 1.21 bits per heavy atom. The third kappa shape index (κ3) is 2.96. The first kappa shape index (κ1) is 18.3. The number of furan rings is 1. The summed E-state index contributed by atoms with van der Waals surface area (Å²) in [7, 11) is 4.70. The number of nitrogens with zero attached hydrogens (tertiary/aromatic N) is 2. The van der Waals surface area contributed by atoms with Gasteiger partial charge >= 0.3 is 0 Å². The van der Waals surface area contributed by atoms with Crippen LogP contribution in [0.4, 0.5) is 0 Å². The molecule has 1 aromatic carbocycles. The van der Waals surface area contributed by atoms with E-state index in [4.69, 9.17) is 18.6 Å². The molecule has 8 heteroatoms. The van der Waals surface area contributed by atoms with E-state index in [0.29, 0.717) is 22.9 Å². The lowest BCUT2D eigenvalue weighted by Gasteiger charge is -2.29. The van der Waals surface area contributed by atoms with Crippen molar-refractivity contribution >= 4 is 5.91 Å². The van der Waals surface area contributed by atoms with Gasteiger partial charge in [0.25, 0.3) is 5.91 Å². The van der Waals surface area contributed by atoms with E-state index in [1.165, 1.54) is 0 Å². The third-order valence-corrected chi connectivity index (χ3v) is 4.90. The lowest BCUT2D eigenvalue weighted by molar-refractivity contribution is -0.113. The van der Waals surface area contributed by atoms with E-state index in [0.717, 1.165) is 11.1 Å². The standard InChI is InChI=1S/C20H21N3O5/c1-25-13-7-4-6-12(10-13)19-16-17(14-8-5-9-28-14)21-22-18(16)20(24)23(19)11-15(26-2)27-3/h4-10,15,19H,11H2,1-3H3,(H,21,22). The number of aromatic amines is 1. The van der Waals surface area contributed by atoms with Gasteiger partial charge in [-0.15, -0.1) is 0 Å². The first-order chi connectivity index (χ1) is 13.7. The van der Waals surface area contributed by atoms with E-state index in [1.54, 1.807) is 38.6 Å². The minimum Gasteiger partial charge on any atom is -0.497 e. The number of rotatable bonds is 7. The summed E-state index contributed by atoms with van der Waals surface area (Å²) in [5, 5.41) is 7.23. The Hall–Kier alpha value is -3.10. The Morgan fingerprint density at radius 3 is 2.71 bits per heavy atom. The average Bonchev–Trinajstić information content (AvgIpc) is 3.44. The van der Waals surface area contributed by atoms with Crippen molar-refractivity contribution in [3.05, 3.63) is 59.5 Å². The van der Waals surface area contributed by atoms with Crippen LogP contribution in [0.5, 0.6) is 5.75 Å². The van der Waals surface area contributed by atoms with Crippen LogP contribution in [0, 0.1) is 0 Å². The molecule has 1 N–H and O–H groups in total. The lowest BCUT2D eigenvalue weighted by Crippen LogP contribution is -2.38. The highest BCUT2D eigenvalue weighted by Crippen LogP contribution is 2.43. The molecule has 1 unspecified atom stereocenters. The minimum atomic E-state index is -0.558. The molecule has 0 fully saturated rings. The summed E-state index contributed by atoms with van der Waals surface area (Å²) in [5.74, 6) is 1.12. The maximum absolute atomic E-state index is 13.2. The lowest BCUT2D eigenvalue weighted by atomic mass is 9.98. The molecule has 4 rings (SSSR count). The van der Waals surface area contributed by atoms with Crippen molar-refractivity contribution in [1.82, 2.24) is 15.1 Å². The van der Waals surface area contributed by atoms with Crippen LogP contribution >= 0.6 is 0 Å². The van der Waals surface area contributed by atoms with Crippen LogP contribution in [-0.4, -0.2) is 55.2 Å². The molecule has 2 aromatic heterocycles. The average molecular weight is 383 g/mol. The van der Waals surface area contributed by atoms with Gasteiger partial charge in [-0.3, -0.25) is 9.89 Å². The van der Waals surface area contributed by atoms with Crippen LogP contribution in [0.2, 0.25) is 0 Å². The topological polar surface area (TPSA) is 89.8 Å². The molecule has 1 atom stereocenters. The van der Waals surface area contributed by atoms with Gasteiger partial charge in [-0.05, 0) is 29.8 Å². The molecule has 0 aliphatic carbocycles. The molecular weight excluding hydrogens is 362 g/mol. The molecule has 0 radical (unpaired) electrons. The van der Waals surface area contributed by atoms with E-state index in [-0.39, 0.29) is 18.5 Å². The van der Waals surface area contributed by atoms with Gasteiger partial charge in [-0.2, -0.15) is 5.10 Å². The van der Waals surface area contributed by atoms with E-state index in [9.17, 15) is 4.79 Å². The first-order valence-electron chi connectivity index (χ1n) is 8.80. The summed E-state index contributed by atoms with van der Waals surface area (Å²) in [4.78, 5) is 14.9. The Balaban J connectivity index is 1.85. The molecule has 1 amide bonds. The fraction of sp³-hybridized carbons (Fsp3) is 0.300. The number of carbonyl (C=O) groups excluding carboxylic acids is 1. The zero-order valence-corrected chi connectivity index (χ0v) is 15.8. The highest BCUT2D eigenvalue weighted by atomic mass is 16.7. The Bertz CT molecular complexity index is 962. The molecule has 0 bridgehead atoms. The van der Waals surface area contributed by atoms with E-state index in [1.807, 2.05) is 30.3 Å². The molecule has 3 aromatic rings. The third-order valence-electron chi connectivity index (χ3n) is 4.90. The second-order valence-corrected chi connectivity index (χ2v) is 6.38. The Kier molecular flexibility index (Phi) is 4.89. The van der Waals surface area contributed by atoms with Crippen LogP contribution in [-0.2, 0) is 9.47 Å². The van der Waals surface area contributed by atoms with Gasteiger partial charge < -0.3 is 23.5 Å². The Labute approximate surface area is 162 Å². The van der Waals surface area contributed by atoms with Gasteiger partial charge in [0.1, 0.15) is 11.4 Å². The molecule has 0 spiro atoms. The maximum Gasteiger partial charge on any atom is 0.275 e. The van der Waals surface area contributed by atoms with Gasteiger partial charge in [0.05, 0.1) is 26.0 Å². The predicted octanol–water partition coefficient (Wildman–Crippen LogP) is 2.84. The van der Waals surface area contributed by atoms with Crippen molar-refractivity contribution in [1.29, 1.82) is 0 Å². The number of aromatic nitrogens is 2. The van der Waals surface area contributed by atoms with Crippen LogP contribution in [0.1, 0.15) is 27.7 Å². The number of amides is 1. The van der Waals surface area contributed by atoms with Crippen LogP contribution < -0.4 is 4.74 Å². The number of carbonyl (C=O) groups is 1. The van der Waals surface area contributed by atoms with Gasteiger partial charge in [0, 0.05) is 19.8 Å². The number of fused-ring (bicyclic) bond motifs is 1. The van der Waals surface area contributed by atoms with Gasteiger partial charge in [0.2, 0.25) is 0 Å². The molecule has 28 heavy (non-hydrogen) atoms. The zero-order valence-electron chi connectivity index (χ0n) is 15.8. The van der Waals surface area contributed by atoms with Crippen molar-refractivity contribution in [2.45, 2.75) is 12.3 Å². The largest absolute Gasteiger partial charge is 0.497 e. The van der Waals surface area contributed by atoms with Crippen molar-refractivity contribution in [2.75, 3.05) is 27.9 Å². The van der Waals surface area contributed by atoms with Crippen molar-refractivity contribution in [3.63, 3.8) is 0 Å². The number of methoxy groups -OCH3 is 3. The minimum absolute atomic E-state index is 0.198. The van der Waals surface area contributed by atoms with Gasteiger partial charge in [0.15, 0.2) is 17.7 Å². The van der Waals surface area contributed by atoms with Crippen molar-refractivity contribution < 1.29 is 23.4 Å². The number of hydrogen-bond acceptors (Lipinski definition) is 6. The van der Waals surface area contributed by atoms with Gasteiger partial charge in [-0.1, -0.05) is 12.1 Å². The van der Waals surface area contributed by atoms with E-state index < -0.39 is 6.29 Å². The molecule has 8 nitrogen and oxygen atoms in total. The monoisotopic (exact) mass is 383 g/mol. The SMILES string of the molecule is COc1cccc(C2c3c(n[nH]c3-c3ccco3)C(=O)N2CC(OC)OC)c1. The summed E-state index contributed by atoms with van der Waals surface area (Å²) >= 11 is 0. The summed E-state index contributed by atoms with van der Waals surface area (Å²) in [6.07, 6.45) is 1.03. The van der Waals surface area contributed by atoms with Crippen molar-refractivity contribution in [3.8, 4) is 17.2 Å². The number of benzene rings is 1. The maximum atomic E-state index is 13.2. The molecule has 1 aliphatic heterocycles. The highest BCUT2D eigenvalue weighted by Gasteiger charge is 2.43. The zero-order chi connectivity index (χ0) is 19.7. The number of ether oxygens (including phenoxy) is 3. The van der Waals surface area contributed by atoms with E-state index >= 15 is 0 Å².